The molecule has 3 N–H and O–H groups in total. The normalized spacial score (nSPS) is 19.3. The number of imidazole rings is 1. The molecule has 0 aromatic carbocycles. The molecule has 1 heterocycles. The molecule has 0 amide bonds. The van der Waals surface area contributed by atoms with Gasteiger partial charge in [-0.25, -0.2) is 4.98 Å². The Labute approximate surface area is 98.0 Å². The van der Waals surface area contributed by atoms with Gasteiger partial charge in [-0.05, 0) is 25.8 Å². The van der Waals surface area contributed by atoms with Crippen LogP contribution in [0.5, 0.6) is 0 Å². The van der Waals surface area contributed by atoms with Crippen LogP contribution in [0.25, 0.3) is 0 Å². The van der Waals surface area contributed by atoms with Gasteiger partial charge in [0.05, 0.1) is 0 Å². The summed E-state index contributed by atoms with van der Waals surface area (Å²) in [5, 5.41) is 13.1. The van der Waals surface area contributed by atoms with Crippen LogP contribution in [0.15, 0.2) is 17.6 Å². The number of aliphatic carboxylic acids is 1. The van der Waals surface area contributed by atoms with Crippen molar-refractivity contribution in [3.05, 3.63) is 12.4 Å². The van der Waals surface area contributed by atoms with Gasteiger partial charge in [0.2, 0.25) is 0 Å². The van der Waals surface area contributed by atoms with E-state index in [9.17, 15) is 9.90 Å². The van der Waals surface area contributed by atoms with E-state index in [1.807, 2.05) is 0 Å². The van der Waals surface area contributed by atoms with Crippen molar-refractivity contribution < 1.29 is 9.90 Å². The highest BCUT2D eigenvalue weighted by Crippen LogP contribution is 2.42. The lowest BCUT2D eigenvalue weighted by Gasteiger charge is -2.28. The second-order valence-corrected chi connectivity index (χ2v) is 4.95. The predicted molar refractivity (Wildman–Crippen MR) is 61.5 cm³/mol. The smallest absolute Gasteiger partial charge is 0.325 e. The Hall–Kier alpha value is -1.01. The number of likely N-dealkylation sites (N-methyl/N-ethyl adjacent to an activating group) is 1. The number of nitrogens with zero attached hydrogens (tertiary/aromatic N) is 1. The summed E-state index contributed by atoms with van der Waals surface area (Å²) in [5.74, 6) is -0.0224. The quantitative estimate of drug-likeness (QED) is 0.646. The Morgan fingerprint density at radius 2 is 2.56 bits per heavy atom. The topological polar surface area (TPSA) is 78.0 Å². The van der Waals surface area contributed by atoms with Crippen molar-refractivity contribution in [1.82, 2.24) is 15.3 Å². The van der Waals surface area contributed by atoms with Gasteiger partial charge in [0.1, 0.15) is 5.54 Å². The molecule has 1 aliphatic rings. The molecule has 1 atom stereocenters. The molecular formula is C10H15N3O2S. The third-order valence-corrected chi connectivity index (χ3v) is 4.11. The predicted octanol–water partition coefficient (Wildman–Crippen LogP) is 0.955. The zero-order chi connectivity index (χ0) is 11.6. The number of aromatic amines is 1. The summed E-state index contributed by atoms with van der Waals surface area (Å²) >= 11 is 1.45. The number of H-pyrrole nitrogens is 1. The zero-order valence-corrected chi connectivity index (χ0v) is 9.88. The fourth-order valence-electron chi connectivity index (χ4n) is 1.83. The number of carbonyl (C=O) groups is 1. The van der Waals surface area contributed by atoms with Crippen LogP contribution in [0.1, 0.15) is 12.8 Å². The largest absolute Gasteiger partial charge is 0.480 e. The average molecular weight is 241 g/mol. The number of hydrogen-bond acceptors (Lipinski definition) is 4. The molecular weight excluding hydrogens is 226 g/mol. The standard InChI is InChI=1S/C10H15N3O2S/c1-11-10(8(14)15,7-2-3-7)6-16-9-12-4-5-13-9/h4-5,7,11H,2-3,6H2,1H3,(H,12,13)(H,14,15). The molecule has 1 aromatic rings. The van der Waals surface area contributed by atoms with Crippen molar-refractivity contribution in [1.29, 1.82) is 0 Å². The SMILES string of the molecule is CNC(CSc1ncc[nH]1)(C(=O)O)C1CC1. The fraction of sp³-hybridized carbons (Fsp3) is 0.600. The van der Waals surface area contributed by atoms with E-state index in [4.69, 9.17) is 0 Å². The van der Waals surface area contributed by atoms with E-state index in [1.165, 1.54) is 11.8 Å². The molecule has 16 heavy (non-hydrogen) atoms. The first-order valence-electron chi connectivity index (χ1n) is 5.23. The van der Waals surface area contributed by atoms with Crippen LogP contribution in [-0.4, -0.2) is 39.4 Å². The maximum Gasteiger partial charge on any atom is 0.325 e. The van der Waals surface area contributed by atoms with E-state index in [1.54, 1.807) is 19.4 Å². The van der Waals surface area contributed by atoms with Crippen molar-refractivity contribution in [3.63, 3.8) is 0 Å². The molecule has 1 fully saturated rings. The maximum absolute atomic E-state index is 11.4. The number of carboxylic acid groups (broad SMARTS) is 1. The highest BCUT2D eigenvalue weighted by atomic mass is 32.2. The molecule has 88 valence electrons. The van der Waals surface area contributed by atoms with Gasteiger partial charge < -0.3 is 15.4 Å². The van der Waals surface area contributed by atoms with Crippen molar-refractivity contribution in [2.45, 2.75) is 23.5 Å². The van der Waals surface area contributed by atoms with Crippen molar-refractivity contribution in [2.75, 3.05) is 12.8 Å². The van der Waals surface area contributed by atoms with Gasteiger partial charge in [-0.3, -0.25) is 4.79 Å². The minimum absolute atomic E-state index is 0.248. The Morgan fingerprint density at radius 3 is 3.00 bits per heavy atom. The lowest BCUT2D eigenvalue weighted by molar-refractivity contribution is -0.144. The number of thioether (sulfide) groups is 1. The van der Waals surface area contributed by atoms with Crippen LogP contribution >= 0.6 is 11.8 Å². The molecule has 0 spiro atoms. The summed E-state index contributed by atoms with van der Waals surface area (Å²) < 4.78 is 0. The Morgan fingerprint density at radius 1 is 1.81 bits per heavy atom. The third kappa shape index (κ3) is 2.08. The Balaban J connectivity index is 2.04. The summed E-state index contributed by atoms with van der Waals surface area (Å²) in [4.78, 5) is 18.4. The first kappa shape index (κ1) is 11.5. The van der Waals surface area contributed by atoms with Crippen molar-refractivity contribution in [2.24, 2.45) is 5.92 Å². The molecule has 0 saturated heterocycles. The Bertz CT molecular complexity index is 364. The fourth-order valence-corrected chi connectivity index (χ4v) is 2.98. The summed E-state index contributed by atoms with van der Waals surface area (Å²) in [5.41, 5.74) is -0.808. The van der Waals surface area contributed by atoms with Crippen LogP contribution in [0, 0.1) is 5.92 Å². The van der Waals surface area contributed by atoms with Gasteiger partial charge in [0, 0.05) is 18.1 Å². The van der Waals surface area contributed by atoms with Gasteiger partial charge in [0.25, 0.3) is 0 Å². The minimum Gasteiger partial charge on any atom is -0.480 e. The summed E-state index contributed by atoms with van der Waals surface area (Å²) in [6.07, 6.45) is 5.39. The minimum atomic E-state index is -0.808. The molecule has 0 radical (unpaired) electrons. The summed E-state index contributed by atoms with van der Waals surface area (Å²) in [6.45, 7) is 0. The highest BCUT2D eigenvalue weighted by molar-refractivity contribution is 7.99. The van der Waals surface area contributed by atoms with Gasteiger partial charge >= 0.3 is 5.97 Å². The molecule has 6 heteroatoms. The molecule has 2 rings (SSSR count). The van der Waals surface area contributed by atoms with Crippen molar-refractivity contribution >= 4 is 17.7 Å². The molecule has 0 aliphatic heterocycles. The van der Waals surface area contributed by atoms with Crippen molar-refractivity contribution in [3.8, 4) is 0 Å². The average Bonchev–Trinajstić information content (AvgIpc) is 2.97. The van der Waals surface area contributed by atoms with Gasteiger partial charge in [-0.15, -0.1) is 0 Å². The highest BCUT2D eigenvalue weighted by Gasteiger charge is 2.50. The van der Waals surface area contributed by atoms with Gasteiger partial charge in [0.15, 0.2) is 5.16 Å². The first-order chi connectivity index (χ1) is 7.69. The monoisotopic (exact) mass is 241 g/mol. The van der Waals surface area contributed by atoms with Gasteiger partial charge in [-0.2, -0.15) is 0 Å². The first-order valence-corrected chi connectivity index (χ1v) is 6.22. The summed E-state index contributed by atoms with van der Waals surface area (Å²) in [7, 11) is 1.72. The molecule has 1 unspecified atom stereocenters. The summed E-state index contributed by atoms with van der Waals surface area (Å²) in [6, 6.07) is 0. The number of nitrogens with one attached hydrogen (secondary N) is 2. The third-order valence-electron chi connectivity index (χ3n) is 3.01. The molecule has 0 bridgehead atoms. The van der Waals surface area contributed by atoms with E-state index in [0.717, 1.165) is 18.0 Å². The number of carboxylic acids is 1. The van der Waals surface area contributed by atoms with E-state index in [0.29, 0.717) is 5.75 Å². The van der Waals surface area contributed by atoms with E-state index >= 15 is 0 Å². The van der Waals surface area contributed by atoms with Crippen LogP contribution in [0.3, 0.4) is 0 Å². The second-order valence-electron chi connectivity index (χ2n) is 3.98. The number of aromatic nitrogens is 2. The second kappa shape index (κ2) is 4.47. The maximum atomic E-state index is 11.4. The lowest BCUT2D eigenvalue weighted by atomic mass is 9.96. The van der Waals surface area contributed by atoms with Gasteiger partial charge in [-0.1, -0.05) is 11.8 Å². The molecule has 1 aromatic heterocycles. The van der Waals surface area contributed by atoms with E-state index < -0.39 is 11.5 Å². The van der Waals surface area contributed by atoms with Crippen LogP contribution in [-0.2, 0) is 4.79 Å². The van der Waals surface area contributed by atoms with Crippen LogP contribution in [0.2, 0.25) is 0 Å². The lowest BCUT2D eigenvalue weighted by Crippen LogP contribution is -2.54. The van der Waals surface area contributed by atoms with E-state index in [2.05, 4.69) is 15.3 Å². The Kier molecular flexibility index (Phi) is 3.20. The van der Waals surface area contributed by atoms with Crippen LogP contribution in [0.4, 0.5) is 0 Å². The number of rotatable bonds is 6. The zero-order valence-electron chi connectivity index (χ0n) is 9.06. The molecule has 1 aliphatic carbocycles. The van der Waals surface area contributed by atoms with Crippen LogP contribution < -0.4 is 5.32 Å². The number of hydrogen-bond donors (Lipinski definition) is 3. The molecule has 5 nitrogen and oxygen atoms in total. The molecule has 1 saturated carbocycles. The van der Waals surface area contributed by atoms with E-state index in [-0.39, 0.29) is 5.92 Å².